The summed E-state index contributed by atoms with van der Waals surface area (Å²) in [5.41, 5.74) is 2.93. The van der Waals surface area contributed by atoms with Gasteiger partial charge in [-0.3, -0.25) is 4.79 Å². The zero-order valence-electron chi connectivity index (χ0n) is 14.4. The number of anilines is 1. The van der Waals surface area contributed by atoms with Crippen LogP contribution in [-0.2, 0) is 4.79 Å². The molecule has 2 aromatic carbocycles. The number of rotatable bonds is 4. The third kappa shape index (κ3) is 3.20. The molecule has 0 saturated heterocycles. The summed E-state index contributed by atoms with van der Waals surface area (Å²) in [4.78, 5) is 24.3. The summed E-state index contributed by atoms with van der Waals surface area (Å²) in [5, 5.41) is 2.83. The van der Waals surface area contributed by atoms with E-state index in [2.05, 4.69) is 5.32 Å². The van der Waals surface area contributed by atoms with Crippen molar-refractivity contribution in [1.29, 1.82) is 0 Å². The van der Waals surface area contributed by atoms with Gasteiger partial charge in [-0.05, 0) is 42.0 Å². The van der Waals surface area contributed by atoms with Gasteiger partial charge in [0.2, 0.25) is 5.76 Å². The first kappa shape index (κ1) is 16.7. The summed E-state index contributed by atoms with van der Waals surface area (Å²) in [6.07, 6.45) is 3.16. The summed E-state index contributed by atoms with van der Waals surface area (Å²) < 4.78 is 15.7. The Bertz CT molecular complexity index is 1050. The Morgan fingerprint density at radius 3 is 2.70 bits per heavy atom. The van der Waals surface area contributed by atoms with Crippen LogP contribution in [0.4, 0.5) is 5.69 Å². The molecule has 0 spiro atoms. The molecule has 27 heavy (non-hydrogen) atoms. The van der Waals surface area contributed by atoms with Crippen LogP contribution in [0, 0.1) is 0 Å². The van der Waals surface area contributed by atoms with Crippen LogP contribution in [0.2, 0.25) is 0 Å². The fourth-order valence-corrected chi connectivity index (χ4v) is 2.85. The van der Waals surface area contributed by atoms with Crippen LogP contribution < -0.4 is 14.8 Å². The van der Waals surface area contributed by atoms with Crippen molar-refractivity contribution in [2.75, 3.05) is 12.4 Å². The molecule has 6 heteroatoms. The van der Waals surface area contributed by atoms with Crippen molar-refractivity contribution in [1.82, 2.24) is 0 Å². The monoisotopic (exact) mass is 361 g/mol. The van der Waals surface area contributed by atoms with E-state index in [-0.39, 0.29) is 17.4 Å². The summed E-state index contributed by atoms with van der Waals surface area (Å²) in [7, 11) is 1.48. The fraction of sp³-hybridized carbons (Fsp3) is 0.0476. The van der Waals surface area contributed by atoms with Crippen LogP contribution in [0.25, 0.3) is 11.6 Å². The second-order valence-corrected chi connectivity index (χ2v) is 5.83. The number of ether oxygens (including phenoxy) is 2. The van der Waals surface area contributed by atoms with E-state index in [1.807, 2.05) is 24.3 Å². The molecule has 6 nitrogen and oxygen atoms in total. The molecule has 1 aliphatic rings. The smallest absolute Gasteiger partial charge is 0.379 e. The Labute approximate surface area is 155 Å². The van der Waals surface area contributed by atoms with Crippen molar-refractivity contribution in [3.8, 4) is 11.5 Å². The molecule has 1 N–H and O–H groups in total. The number of furan rings is 1. The lowest BCUT2D eigenvalue weighted by Gasteiger charge is -2.09. The van der Waals surface area contributed by atoms with Gasteiger partial charge in [0.15, 0.2) is 11.5 Å². The van der Waals surface area contributed by atoms with E-state index in [0.717, 1.165) is 16.8 Å². The molecule has 0 radical (unpaired) electrons. The molecule has 0 unspecified atom stereocenters. The Balaban J connectivity index is 1.64. The summed E-state index contributed by atoms with van der Waals surface area (Å²) in [6, 6.07) is 15.7. The van der Waals surface area contributed by atoms with Crippen molar-refractivity contribution in [3.05, 3.63) is 77.7 Å². The van der Waals surface area contributed by atoms with Crippen molar-refractivity contribution >= 4 is 29.2 Å². The summed E-state index contributed by atoms with van der Waals surface area (Å²) in [5.74, 6) is -0.0484. The summed E-state index contributed by atoms with van der Waals surface area (Å²) >= 11 is 0. The quantitative estimate of drug-likeness (QED) is 0.432. The van der Waals surface area contributed by atoms with Gasteiger partial charge in [-0.2, -0.15) is 0 Å². The highest BCUT2D eigenvalue weighted by atomic mass is 16.6. The molecular weight excluding hydrogens is 346 g/mol. The standard InChI is InChI=1S/C21H15NO5/c1-25-19-12-13(8-9-17(19)27-21(24)18-7-4-10-26-18)11-15-14-5-2-3-6-16(14)22-20(15)23/h2-12H,1H3,(H,22,23). The van der Waals surface area contributed by atoms with E-state index < -0.39 is 5.97 Å². The van der Waals surface area contributed by atoms with Gasteiger partial charge in [0, 0.05) is 16.8 Å². The van der Waals surface area contributed by atoms with Gasteiger partial charge < -0.3 is 19.2 Å². The average Bonchev–Trinajstić information content (AvgIpc) is 3.32. The van der Waals surface area contributed by atoms with E-state index in [9.17, 15) is 9.59 Å². The van der Waals surface area contributed by atoms with Crippen molar-refractivity contribution in [3.63, 3.8) is 0 Å². The van der Waals surface area contributed by atoms with E-state index in [1.54, 1.807) is 30.3 Å². The number of methoxy groups -OCH3 is 1. The molecule has 0 atom stereocenters. The van der Waals surface area contributed by atoms with Crippen LogP contribution in [-0.4, -0.2) is 19.0 Å². The molecule has 134 valence electrons. The highest BCUT2D eigenvalue weighted by Crippen LogP contribution is 2.35. The van der Waals surface area contributed by atoms with Crippen LogP contribution >= 0.6 is 0 Å². The third-order valence-electron chi connectivity index (χ3n) is 4.13. The largest absolute Gasteiger partial charge is 0.493 e. The van der Waals surface area contributed by atoms with Crippen LogP contribution in [0.15, 0.2) is 65.3 Å². The Hall–Kier alpha value is -3.80. The number of carbonyl (C=O) groups excluding carboxylic acids is 2. The van der Waals surface area contributed by atoms with Crippen LogP contribution in [0.3, 0.4) is 0 Å². The number of benzene rings is 2. The Morgan fingerprint density at radius 1 is 1.07 bits per heavy atom. The number of esters is 1. The van der Waals surface area contributed by atoms with Gasteiger partial charge in [0.05, 0.1) is 13.4 Å². The minimum Gasteiger partial charge on any atom is -0.493 e. The van der Waals surface area contributed by atoms with E-state index >= 15 is 0 Å². The highest BCUT2D eigenvalue weighted by molar-refractivity contribution is 6.34. The Morgan fingerprint density at radius 2 is 1.93 bits per heavy atom. The van der Waals surface area contributed by atoms with Crippen LogP contribution in [0.5, 0.6) is 11.5 Å². The topological polar surface area (TPSA) is 77.8 Å². The molecule has 0 saturated carbocycles. The number of hydrogen-bond donors (Lipinski definition) is 1. The van der Waals surface area contributed by atoms with Gasteiger partial charge >= 0.3 is 5.97 Å². The van der Waals surface area contributed by atoms with Gasteiger partial charge in [-0.25, -0.2) is 4.79 Å². The molecule has 3 aromatic rings. The number of fused-ring (bicyclic) bond motifs is 1. The van der Waals surface area contributed by atoms with Gasteiger partial charge in [-0.1, -0.05) is 24.3 Å². The zero-order valence-corrected chi connectivity index (χ0v) is 14.4. The lowest BCUT2D eigenvalue weighted by atomic mass is 10.0. The summed E-state index contributed by atoms with van der Waals surface area (Å²) in [6.45, 7) is 0. The minimum absolute atomic E-state index is 0.0995. The maximum absolute atomic E-state index is 12.2. The predicted octanol–water partition coefficient (Wildman–Crippen LogP) is 4.00. The lowest BCUT2D eigenvalue weighted by molar-refractivity contribution is -0.110. The van der Waals surface area contributed by atoms with E-state index in [0.29, 0.717) is 11.3 Å². The molecule has 4 rings (SSSR count). The molecule has 0 fully saturated rings. The van der Waals surface area contributed by atoms with Crippen LogP contribution in [0.1, 0.15) is 21.7 Å². The zero-order chi connectivity index (χ0) is 18.8. The highest BCUT2D eigenvalue weighted by Gasteiger charge is 2.23. The molecule has 1 amide bonds. The molecule has 1 aliphatic heterocycles. The maximum atomic E-state index is 12.2. The van der Waals surface area contributed by atoms with Gasteiger partial charge in [0.25, 0.3) is 5.91 Å². The third-order valence-corrected chi connectivity index (χ3v) is 4.13. The number of carbonyl (C=O) groups is 2. The maximum Gasteiger partial charge on any atom is 0.379 e. The molecule has 0 bridgehead atoms. The lowest BCUT2D eigenvalue weighted by Crippen LogP contribution is -2.08. The SMILES string of the molecule is COc1cc(C=C2C(=O)Nc3ccccc32)ccc1OC(=O)c1ccco1. The molecule has 0 aliphatic carbocycles. The second-order valence-electron chi connectivity index (χ2n) is 5.83. The van der Waals surface area contributed by atoms with Crippen molar-refractivity contribution in [2.45, 2.75) is 0 Å². The van der Waals surface area contributed by atoms with Gasteiger partial charge in [0.1, 0.15) is 0 Å². The second kappa shape index (κ2) is 6.84. The predicted molar refractivity (Wildman–Crippen MR) is 99.6 cm³/mol. The molecular formula is C21H15NO5. The first-order chi connectivity index (χ1) is 13.2. The average molecular weight is 361 g/mol. The van der Waals surface area contributed by atoms with E-state index in [4.69, 9.17) is 13.9 Å². The van der Waals surface area contributed by atoms with Crippen molar-refractivity contribution in [2.24, 2.45) is 0 Å². The number of nitrogens with one attached hydrogen (secondary N) is 1. The first-order valence-corrected chi connectivity index (χ1v) is 8.22. The number of amides is 1. The molecule has 1 aromatic heterocycles. The molecule has 2 heterocycles. The first-order valence-electron chi connectivity index (χ1n) is 8.22. The Kier molecular flexibility index (Phi) is 4.22. The van der Waals surface area contributed by atoms with E-state index in [1.165, 1.54) is 19.4 Å². The fourth-order valence-electron chi connectivity index (χ4n) is 2.85. The minimum atomic E-state index is -0.617. The normalized spacial score (nSPS) is 14.0. The van der Waals surface area contributed by atoms with Gasteiger partial charge in [-0.15, -0.1) is 0 Å². The number of para-hydroxylation sites is 1. The number of hydrogen-bond acceptors (Lipinski definition) is 5. The van der Waals surface area contributed by atoms with Crippen molar-refractivity contribution < 1.29 is 23.5 Å².